The minimum absolute atomic E-state index is 0.0219. The molecule has 0 aromatic heterocycles. The van der Waals surface area contributed by atoms with Crippen molar-refractivity contribution in [3.05, 3.63) is 23.8 Å². The molecule has 24 heavy (non-hydrogen) atoms. The molecule has 0 aliphatic carbocycles. The minimum atomic E-state index is -1.21. The number of phenolic OH excluding ortho intramolecular Hbond substituents is 1. The van der Waals surface area contributed by atoms with Crippen LogP contribution in [0.25, 0.3) is 0 Å². The summed E-state index contributed by atoms with van der Waals surface area (Å²) in [4.78, 5) is 0. The average molecular weight is 342 g/mol. The highest BCUT2D eigenvalue weighted by Gasteiger charge is 2.49. The van der Waals surface area contributed by atoms with Gasteiger partial charge in [0.1, 0.15) is 24.4 Å². The van der Waals surface area contributed by atoms with Crippen LogP contribution in [0.1, 0.15) is 18.8 Å². The number of rotatable bonds is 4. The van der Waals surface area contributed by atoms with Gasteiger partial charge in [0.2, 0.25) is 0 Å². The van der Waals surface area contributed by atoms with E-state index < -0.39 is 37.0 Å². The fourth-order valence-electron chi connectivity index (χ4n) is 2.89. The molecule has 3 N–H and O–H groups in total. The van der Waals surface area contributed by atoms with Gasteiger partial charge in [0.15, 0.2) is 24.1 Å². The summed E-state index contributed by atoms with van der Waals surface area (Å²) in [7, 11) is 1.39. The van der Waals surface area contributed by atoms with Crippen LogP contribution < -0.4 is 4.74 Å². The average Bonchev–Trinajstić information content (AvgIpc) is 2.60. The first-order valence-electron chi connectivity index (χ1n) is 7.82. The van der Waals surface area contributed by atoms with Crippen molar-refractivity contribution in [1.29, 1.82) is 0 Å². The Kier molecular flexibility index (Phi) is 5.24. The van der Waals surface area contributed by atoms with Crippen molar-refractivity contribution in [3.8, 4) is 11.5 Å². The predicted molar refractivity (Wildman–Crippen MR) is 80.5 cm³/mol. The van der Waals surface area contributed by atoms with Crippen molar-refractivity contribution in [1.82, 2.24) is 0 Å². The number of hydrogen-bond acceptors (Lipinski definition) is 8. The number of ether oxygens (including phenoxy) is 5. The van der Waals surface area contributed by atoms with Crippen LogP contribution in [0.2, 0.25) is 0 Å². The number of aliphatic hydroxyl groups excluding tert-OH is 2. The molecule has 8 heteroatoms. The fourth-order valence-corrected chi connectivity index (χ4v) is 2.89. The first-order chi connectivity index (χ1) is 11.5. The lowest BCUT2D eigenvalue weighted by atomic mass is 9.98. The van der Waals surface area contributed by atoms with Crippen molar-refractivity contribution >= 4 is 0 Å². The second kappa shape index (κ2) is 7.22. The second-order valence-electron chi connectivity index (χ2n) is 5.69. The summed E-state index contributed by atoms with van der Waals surface area (Å²) in [5.41, 5.74) is 0.630. The van der Waals surface area contributed by atoms with Gasteiger partial charge >= 0.3 is 0 Å². The molecule has 2 aliphatic rings. The van der Waals surface area contributed by atoms with Crippen molar-refractivity contribution in [3.63, 3.8) is 0 Å². The molecule has 2 heterocycles. The summed E-state index contributed by atoms with van der Waals surface area (Å²) in [6.07, 6.45) is -5.38. The Morgan fingerprint density at radius 2 is 2.00 bits per heavy atom. The molecular weight excluding hydrogens is 320 g/mol. The van der Waals surface area contributed by atoms with E-state index in [-0.39, 0.29) is 12.4 Å². The largest absolute Gasteiger partial charge is 0.504 e. The lowest BCUT2D eigenvalue weighted by Crippen LogP contribution is -2.62. The van der Waals surface area contributed by atoms with E-state index in [0.29, 0.717) is 17.9 Å². The number of fused-ring (bicyclic) bond motifs is 1. The third-order valence-electron chi connectivity index (χ3n) is 4.12. The Bertz CT molecular complexity index is 563. The lowest BCUT2D eigenvalue weighted by Gasteiger charge is -2.45. The van der Waals surface area contributed by atoms with E-state index in [1.54, 1.807) is 12.1 Å². The van der Waals surface area contributed by atoms with E-state index in [9.17, 15) is 15.3 Å². The monoisotopic (exact) mass is 342 g/mol. The van der Waals surface area contributed by atoms with E-state index in [0.717, 1.165) is 0 Å². The van der Waals surface area contributed by atoms with Gasteiger partial charge in [-0.25, -0.2) is 0 Å². The summed E-state index contributed by atoms with van der Waals surface area (Å²) < 4.78 is 27.3. The maximum atomic E-state index is 10.3. The van der Waals surface area contributed by atoms with Crippen molar-refractivity contribution in [2.75, 3.05) is 20.3 Å². The Balaban J connectivity index is 1.76. The molecule has 3 rings (SSSR count). The maximum absolute atomic E-state index is 10.3. The van der Waals surface area contributed by atoms with Crippen LogP contribution in [0.5, 0.6) is 11.5 Å². The lowest BCUT2D eigenvalue weighted by molar-refractivity contribution is -0.358. The Hall–Kier alpha value is -1.42. The molecule has 1 aromatic rings. The number of phenols is 1. The summed E-state index contributed by atoms with van der Waals surface area (Å²) >= 11 is 0. The molecule has 2 aliphatic heterocycles. The van der Waals surface area contributed by atoms with E-state index in [2.05, 4.69) is 0 Å². The molecule has 2 saturated heterocycles. The SMILES string of the molecule is CCOc1cc(C2OC[C@H]3OC(OC)[C@H](O)[C@@H](O)[C@@H]3O2)ccc1O. The maximum Gasteiger partial charge on any atom is 0.186 e. The Labute approximate surface area is 139 Å². The van der Waals surface area contributed by atoms with Gasteiger partial charge in [-0.3, -0.25) is 0 Å². The van der Waals surface area contributed by atoms with Gasteiger partial charge in [-0.2, -0.15) is 0 Å². The number of aliphatic hydroxyl groups is 2. The molecule has 0 amide bonds. The topological polar surface area (TPSA) is 107 Å². The van der Waals surface area contributed by atoms with E-state index in [4.69, 9.17) is 23.7 Å². The van der Waals surface area contributed by atoms with Crippen molar-refractivity contribution in [2.24, 2.45) is 0 Å². The summed E-state index contributed by atoms with van der Waals surface area (Å²) in [6.45, 7) is 2.39. The third kappa shape index (κ3) is 3.21. The highest BCUT2D eigenvalue weighted by molar-refractivity contribution is 5.42. The highest BCUT2D eigenvalue weighted by Crippen LogP contribution is 2.37. The zero-order valence-electron chi connectivity index (χ0n) is 13.5. The molecular formula is C16H22O8. The standard InChI is InChI=1S/C16H22O8/c1-3-21-10-6-8(4-5-9(10)17)15-22-7-11-14(24-15)12(18)13(19)16(20-2)23-11/h4-6,11-19H,3,7H2,1-2H3/t11-,12-,13-,14-,15?,16?/m1/s1. The van der Waals surface area contributed by atoms with Gasteiger partial charge in [0.25, 0.3) is 0 Å². The molecule has 0 bridgehead atoms. The van der Waals surface area contributed by atoms with Crippen molar-refractivity contribution in [2.45, 2.75) is 43.9 Å². The number of aromatic hydroxyl groups is 1. The summed E-state index contributed by atoms with van der Waals surface area (Å²) in [5, 5.41) is 30.0. The van der Waals surface area contributed by atoms with Crippen molar-refractivity contribution < 1.29 is 39.0 Å². The molecule has 2 fully saturated rings. The zero-order chi connectivity index (χ0) is 17.3. The number of benzene rings is 1. The zero-order valence-corrected chi connectivity index (χ0v) is 13.5. The molecule has 0 saturated carbocycles. The van der Waals surface area contributed by atoms with Gasteiger partial charge in [0, 0.05) is 12.7 Å². The Morgan fingerprint density at radius 1 is 1.21 bits per heavy atom. The molecule has 8 nitrogen and oxygen atoms in total. The van der Waals surface area contributed by atoms with Crippen LogP contribution >= 0.6 is 0 Å². The van der Waals surface area contributed by atoms with Gasteiger partial charge in [-0.1, -0.05) is 6.07 Å². The third-order valence-corrected chi connectivity index (χ3v) is 4.12. The van der Waals surface area contributed by atoms with Gasteiger partial charge in [-0.05, 0) is 19.1 Å². The van der Waals surface area contributed by atoms with Crippen LogP contribution in [-0.2, 0) is 18.9 Å². The predicted octanol–water partition coefficient (Wildman–Crippen LogP) is 0.298. The molecule has 2 unspecified atom stereocenters. The van der Waals surface area contributed by atoms with Crippen LogP contribution in [0, 0.1) is 0 Å². The number of methoxy groups -OCH3 is 1. The van der Waals surface area contributed by atoms with Gasteiger partial charge in [0.05, 0.1) is 13.2 Å². The van der Waals surface area contributed by atoms with E-state index >= 15 is 0 Å². The van der Waals surface area contributed by atoms with Crippen LogP contribution in [0.3, 0.4) is 0 Å². The molecule has 0 radical (unpaired) electrons. The van der Waals surface area contributed by atoms with E-state index in [1.165, 1.54) is 13.2 Å². The first-order valence-corrected chi connectivity index (χ1v) is 7.82. The summed E-state index contributed by atoms with van der Waals surface area (Å²) in [6, 6.07) is 4.75. The Morgan fingerprint density at radius 3 is 2.71 bits per heavy atom. The minimum Gasteiger partial charge on any atom is -0.504 e. The molecule has 1 aromatic carbocycles. The second-order valence-corrected chi connectivity index (χ2v) is 5.69. The van der Waals surface area contributed by atoms with Crippen LogP contribution in [-0.4, -0.2) is 66.3 Å². The quantitative estimate of drug-likeness (QED) is 0.717. The smallest absolute Gasteiger partial charge is 0.186 e. The molecule has 134 valence electrons. The highest BCUT2D eigenvalue weighted by atomic mass is 16.7. The summed E-state index contributed by atoms with van der Waals surface area (Å²) in [5.74, 6) is 0.345. The molecule has 6 atom stereocenters. The number of hydrogen-bond donors (Lipinski definition) is 3. The normalized spacial score (nSPS) is 36.2. The van der Waals surface area contributed by atoms with Gasteiger partial charge < -0.3 is 39.0 Å². The fraction of sp³-hybridized carbons (Fsp3) is 0.625. The van der Waals surface area contributed by atoms with Crippen LogP contribution in [0.4, 0.5) is 0 Å². The van der Waals surface area contributed by atoms with Gasteiger partial charge in [-0.15, -0.1) is 0 Å². The molecule has 0 spiro atoms. The van der Waals surface area contributed by atoms with E-state index in [1.807, 2.05) is 6.92 Å². The first kappa shape index (κ1) is 17.4. The van der Waals surface area contributed by atoms with Crippen LogP contribution in [0.15, 0.2) is 18.2 Å².